The Bertz CT molecular complexity index is 1090. The van der Waals surface area contributed by atoms with Crippen LogP contribution in [-0.4, -0.2) is 34.6 Å². The summed E-state index contributed by atoms with van der Waals surface area (Å²) in [4.78, 5) is 13.7. The van der Waals surface area contributed by atoms with E-state index in [1.54, 1.807) is 30.5 Å². The minimum Gasteiger partial charge on any atom is -0.368 e. The molecule has 2 aromatic heterocycles. The van der Waals surface area contributed by atoms with Crippen LogP contribution in [0.25, 0.3) is 11.4 Å². The number of hydrogen-bond acceptors (Lipinski definition) is 7. The average molecular weight is 440 g/mol. The quantitative estimate of drug-likeness (QED) is 0.501. The zero-order valence-electron chi connectivity index (χ0n) is 16.0. The number of nitriles is 1. The first-order chi connectivity index (χ1) is 14.6. The number of benzene rings is 1. The van der Waals surface area contributed by atoms with Gasteiger partial charge in [0.05, 0.1) is 16.3 Å². The second-order valence-electron chi connectivity index (χ2n) is 6.77. The molecule has 152 valence electrons. The molecule has 3 aromatic rings. The van der Waals surface area contributed by atoms with Gasteiger partial charge in [-0.3, -0.25) is 0 Å². The zero-order valence-corrected chi connectivity index (χ0v) is 17.6. The fourth-order valence-electron chi connectivity index (χ4n) is 3.22. The Morgan fingerprint density at radius 2 is 1.97 bits per heavy atom. The van der Waals surface area contributed by atoms with E-state index in [0.717, 1.165) is 48.0 Å². The summed E-state index contributed by atoms with van der Waals surface area (Å²) in [6, 6.07) is 10.9. The summed E-state index contributed by atoms with van der Waals surface area (Å²) in [5, 5.41) is 20.0. The standard InChI is InChI=1S/C21H19Cl2N7/c22-14-2-3-15(17(23)9-14)21-29-18-5-6-25-12-16(18)20(30-21)27-8-7-26-19-4-1-13(10-24)11-28-19/h1-4,9,11,25H,5-8,12H2,(H,26,28)(H,27,29,30). The number of pyridine rings is 1. The number of nitrogens with zero attached hydrogens (tertiary/aromatic N) is 4. The van der Waals surface area contributed by atoms with Gasteiger partial charge in [-0.05, 0) is 30.3 Å². The summed E-state index contributed by atoms with van der Waals surface area (Å²) < 4.78 is 0. The average Bonchev–Trinajstić information content (AvgIpc) is 2.77. The molecule has 0 spiro atoms. The van der Waals surface area contributed by atoms with Gasteiger partial charge < -0.3 is 16.0 Å². The van der Waals surface area contributed by atoms with Crippen LogP contribution in [0, 0.1) is 11.3 Å². The maximum absolute atomic E-state index is 8.85. The SMILES string of the molecule is N#Cc1ccc(NCCNc2nc(-c3ccc(Cl)cc3Cl)nc3c2CNCC3)nc1. The number of hydrogen-bond donors (Lipinski definition) is 3. The Hall–Kier alpha value is -2.92. The molecule has 1 aliphatic rings. The Labute approximate surface area is 184 Å². The maximum atomic E-state index is 8.85. The zero-order chi connectivity index (χ0) is 20.9. The molecule has 3 N–H and O–H groups in total. The molecule has 0 saturated carbocycles. The summed E-state index contributed by atoms with van der Waals surface area (Å²) in [5.41, 5.74) is 3.39. The molecule has 0 saturated heterocycles. The van der Waals surface area contributed by atoms with Crippen molar-refractivity contribution in [3.63, 3.8) is 0 Å². The van der Waals surface area contributed by atoms with Crippen molar-refractivity contribution in [3.8, 4) is 17.5 Å². The third kappa shape index (κ3) is 4.62. The van der Waals surface area contributed by atoms with Crippen molar-refractivity contribution >= 4 is 34.8 Å². The number of halogens is 2. The topological polar surface area (TPSA) is 98.5 Å². The highest BCUT2D eigenvalue weighted by atomic mass is 35.5. The van der Waals surface area contributed by atoms with Crippen molar-refractivity contribution in [2.45, 2.75) is 13.0 Å². The molecule has 0 unspecified atom stereocenters. The number of fused-ring (bicyclic) bond motifs is 1. The van der Waals surface area contributed by atoms with Crippen LogP contribution in [0.2, 0.25) is 10.0 Å². The molecule has 0 bridgehead atoms. The van der Waals surface area contributed by atoms with E-state index in [1.807, 2.05) is 6.07 Å². The molecule has 9 heteroatoms. The highest BCUT2D eigenvalue weighted by Crippen LogP contribution is 2.31. The molecule has 0 atom stereocenters. The largest absolute Gasteiger partial charge is 0.368 e. The minimum absolute atomic E-state index is 0.524. The van der Waals surface area contributed by atoms with Crippen LogP contribution >= 0.6 is 23.2 Å². The Balaban J connectivity index is 1.50. The summed E-state index contributed by atoms with van der Waals surface area (Å²) in [6.07, 6.45) is 2.38. The minimum atomic E-state index is 0.524. The third-order valence-electron chi connectivity index (χ3n) is 4.72. The first-order valence-electron chi connectivity index (χ1n) is 9.54. The van der Waals surface area contributed by atoms with Crippen molar-refractivity contribution in [1.29, 1.82) is 5.26 Å². The fourth-order valence-corrected chi connectivity index (χ4v) is 3.71. The number of anilines is 2. The predicted molar refractivity (Wildman–Crippen MR) is 119 cm³/mol. The van der Waals surface area contributed by atoms with Gasteiger partial charge in [-0.25, -0.2) is 15.0 Å². The first kappa shape index (κ1) is 20.4. The van der Waals surface area contributed by atoms with Gasteiger partial charge in [0.25, 0.3) is 0 Å². The van der Waals surface area contributed by atoms with Crippen LogP contribution in [0.1, 0.15) is 16.8 Å². The normalized spacial score (nSPS) is 12.7. The van der Waals surface area contributed by atoms with Crippen LogP contribution in [-0.2, 0) is 13.0 Å². The van der Waals surface area contributed by atoms with Gasteiger partial charge in [0, 0.05) is 54.9 Å². The van der Waals surface area contributed by atoms with E-state index in [9.17, 15) is 0 Å². The third-order valence-corrected chi connectivity index (χ3v) is 5.27. The summed E-state index contributed by atoms with van der Waals surface area (Å²) in [7, 11) is 0. The van der Waals surface area contributed by atoms with Crippen LogP contribution in [0.15, 0.2) is 36.5 Å². The van der Waals surface area contributed by atoms with Gasteiger partial charge in [-0.15, -0.1) is 0 Å². The van der Waals surface area contributed by atoms with E-state index in [0.29, 0.717) is 34.5 Å². The molecule has 4 rings (SSSR count). The second kappa shape index (κ2) is 9.26. The molecule has 0 amide bonds. The van der Waals surface area contributed by atoms with Crippen LogP contribution in [0.5, 0.6) is 0 Å². The maximum Gasteiger partial charge on any atom is 0.163 e. The van der Waals surface area contributed by atoms with Gasteiger partial charge in [0.2, 0.25) is 0 Å². The Morgan fingerprint density at radius 1 is 1.10 bits per heavy atom. The van der Waals surface area contributed by atoms with Gasteiger partial charge in [-0.2, -0.15) is 5.26 Å². The van der Waals surface area contributed by atoms with E-state index in [4.69, 9.17) is 38.4 Å². The van der Waals surface area contributed by atoms with E-state index in [1.165, 1.54) is 0 Å². The second-order valence-corrected chi connectivity index (χ2v) is 7.61. The first-order valence-corrected chi connectivity index (χ1v) is 10.3. The monoisotopic (exact) mass is 439 g/mol. The summed E-state index contributed by atoms with van der Waals surface area (Å²) in [6.45, 7) is 2.88. The highest BCUT2D eigenvalue weighted by molar-refractivity contribution is 6.36. The van der Waals surface area contributed by atoms with E-state index in [2.05, 4.69) is 27.0 Å². The molecule has 1 aliphatic heterocycles. The van der Waals surface area contributed by atoms with E-state index < -0.39 is 0 Å². The molecule has 3 heterocycles. The fraction of sp³-hybridized carbons (Fsp3) is 0.238. The molecular weight excluding hydrogens is 421 g/mol. The van der Waals surface area contributed by atoms with Crippen LogP contribution < -0.4 is 16.0 Å². The van der Waals surface area contributed by atoms with Crippen molar-refractivity contribution in [2.24, 2.45) is 0 Å². The molecule has 0 aliphatic carbocycles. The van der Waals surface area contributed by atoms with Crippen LogP contribution in [0.4, 0.5) is 11.6 Å². The molecule has 1 aromatic carbocycles. The lowest BCUT2D eigenvalue weighted by Crippen LogP contribution is -2.27. The van der Waals surface area contributed by atoms with E-state index >= 15 is 0 Å². The number of nitrogens with one attached hydrogen (secondary N) is 3. The molecule has 7 nitrogen and oxygen atoms in total. The van der Waals surface area contributed by atoms with Gasteiger partial charge in [0.1, 0.15) is 17.7 Å². The van der Waals surface area contributed by atoms with Gasteiger partial charge >= 0.3 is 0 Å². The lowest BCUT2D eigenvalue weighted by atomic mass is 10.1. The highest BCUT2D eigenvalue weighted by Gasteiger charge is 2.19. The van der Waals surface area contributed by atoms with Crippen LogP contribution in [0.3, 0.4) is 0 Å². The molecule has 0 fully saturated rings. The van der Waals surface area contributed by atoms with Gasteiger partial charge in [0.15, 0.2) is 5.82 Å². The van der Waals surface area contributed by atoms with E-state index in [-0.39, 0.29) is 0 Å². The van der Waals surface area contributed by atoms with Crippen molar-refractivity contribution < 1.29 is 0 Å². The Morgan fingerprint density at radius 3 is 2.73 bits per heavy atom. The Kier molecular flexibility index (Phi) is 6.29. The molecular formula is C21H19Cl2N7. The van der Waals surface area contributed by atoms with Crippen molar-refractivity contribution in [1.82, 2.24) is 20.3 Å². The lowest BCUT2D eigenvalue weighted by molar-refractivity contribution is 0.628. The van der Waals surface area contributed by atoms with Gasteiger partial charge in [-0.1, -0.05) is 23.2 Å². The summed E-state index contributed by atoms with van der Waals surface area (Å²) >= 11 is 12.4. The van der Waals surface area contributed by atoms with Crippen molar-refractivity contribution in [3.05, 3.63) is 63.4 Å². The molecule has 30 heavy (non-hydrogen) atoms. The molecule has 0 radical (unpaired) electrons. The number of rotatable bonds is 6. The van der Waals surface area contributed by atoms with Crippen molar-refractivity contribution in [2.75, 3.05) is 30.3 Å². The lowest BCUT2D eigenvalue weighted by Gasteiger charge is -2.21. The predicted octanol–water partition coefficient (Wildman–Crippen LogP) is 3.89. The number of aromatic nitrogens is 3. The summed E-state index contributed by atoms with van der Waals surface area (Å²) in [5.74, 6) is 2.10. The smallest absolute Gasteiger partial charge is 0.163 e.